The summed E-state index contributed by atoms with van der Waals surface area (Å²) >= 11 is 5.85. The van der Waals surface area contributed by atoms with Crippen LogP contribution in [-0.4, -0.2) is 28.9 Å². The number of hydrogen-bond donors (Lipinski definition) is 2. The van der Waals surface area contributed by atoms with E-state index in [-0.39, 0.29) is 34.0 Å². The molecule has 4 rings (SSSR count). The maximum Gasteiger partial charge on any atom is 0.343 e. The number of nitro benzene ring substituents is 1. The topological polar surface area (TPSA) is 140 Å². The summed E-state index contributed by atoms with van der Waals surface area (Å²) in [5, 5.41) is 18.3. The Kier molecular flexibility index (Phi) is 8.62. The molecule has 0 aliphatic heterocycles. The van der Waals surface area contributed by atoms with E-state index >= 15 is 0 Å². The van der Waals surface area contributed by atoms with Crippen molar-refractivity contribution in [1.29, 1.82) is 0 Å². The smallest absolute Gasteiger partial charge is 0.343 e. The molecule has 0 aliphatic carbocycles. The molecule has 2 N–H and O–H groups in total. The van der Waals surface area contributed by atoms with E-state index in [1.54, 1.807) is 30.3 Å². The first-order valence-electron chi connectivity index (χ1n) is 11.8. The number of carbonyl (C=O) groups excluding carboxylic acids is 3. The molecule has 0 bridgehead atoms. The van der Waals surface area contributed by atoms with Crippen LogP contribution in [-0.2, 0) is 0 Å². The van der Waals surface area contributed by atoms with E-state index in [4.69, 9.17) is 16.3 Å². The Balaban J connectivity index is 1.43. The van der Waals surface area contributed by atoms with Gasteiger partial charge in [0, 0.05) is 39.5 Å². The SMILES string of the molecule is Cc1cccc(C(=O)Nc2ccc(C(=O)N/N=C/c3cc([N+](=O)[O-])ccc3OC(=O)c3ccc(Cl)cc3)cc2)c1. The standard InChI is InChI=1S/C29H21ClN4O6/c1-18-3-2-4-21(15-18)27(35)32-24-11-7-19(8-12-24)28(36)33-31-17-22-16-25(34(38)39)13-14-26(22)40-29(37)20-5-9-23(30)10-6-20/h2-17H,1H3,(H,32,35)(H,33,36)/b31-17+. The number of halogens is 1. The van der Waals surface area contributed by atoms with Crippen molar-refractivity contribution < 1.29 is 24.0 Å². The number of nitrogens with one attached hydrogen (secondary N) is 2. The Labute approximate surface area is 233 Å². The number of esters is 1. The van der Waals surface area contributed by atoms with Gasteiger partial charge in [-0.25, -0.2) is 10.2 Å². The lowest BCUT2D eigenvalue weighted by Gasteiger charge is -2.08. The number of anilines is 1. The van der Waals surface area contributed by atoms with Crippen molar-refractivity contribution in [2.45, 2.75) is 6.92 Å². The fourth-order valence-corrected chi connectivity index (χ4v) is 3.63. The van der Waals surface area contributed by atoms with Crippen molar-refractivity contribution in [3.05, 3.63) is 134 Å². The van der Waals surface area contributed by atoms with Gasteiger partial charge in [-0.3, -0.25) is 19.7 Å². The zero-order chi connectivity index (χ0) is 28.6. The van der Waals surface area contributed by atoms with Gasteiger partial charge in [0.25, 0.3) is 17.5 Å². The molecule has 0 saturated heterocycles. The number of carbonyl (C=O) groups is 3. The van der Waals surface area contributed by atoms with Crippen LogP contribution in [0.2, 0.25) is 5.02 Å². The van der Waals surface area contributed by atoms with Gasteiger partial charge in [0.05, 0.1) is 16.7 Å². The molecule has 0 saturated carbocycles. The van der Waals surface area contributed by atoms with Crippen LogP contribution in [0.3, 0.4) is 0 Å². The van der Waals surface area contributed by atoms with Gasteiger partial charge >= 0.3 is 5.97 Å². The molecular formula is C29H21ClN4O6. The van der Waals surface area contributed by atoms with Gasteiger partial charge in [-0.2, -0.15) is 5.10 Å². The fourth-order valence-electron chi connectivity index (χ4n) is 3.51. The highest BCUT2D eigenvalue weighted by molar-refractivity contribution is 6.30. The van der Waals surface area contributed by atoms with E-state index in [1.807, 2.05) is 13.0 Å². The molecule has 40 heavy (non-hydrogen) atoms. The second-order valence-electron chi connectivity index (χ2n) is 8.48. The molecule has 0 aromatic heterocycles. The second kappa shape index (κ2) is 12.5. The summed E-state index contributed by atoms with van der Waals surface area (Å²) in [5.74, 6) is -1.57. The minimum atomic E-state index is -0.709. The van der Waals surface area contributed by atoms with E-state index in [9.17, 15) is 24.5 Å². The van der Waals surface area contributed by atoms with Crippen LogP contribution in [0.5, 0.6) is 5.75 Å². The molecule has 0 aliphatic rings. The maximum atomic E-state index is 12.6. The predicted molar refractivity (Wildman–Crippen MR) is 150 cm³/mol. The number of ether oxygens (including phenoxy) is 1. The second-order valence-corrected chi connectivity index (χ2v) is 8.91. The summed E-state index contributed by atoms with van der Waals surface area (Å²) in [5.41, 5.74) is 4.58. The Morgan fingerprint density at radius 1 is 0.875 bits per heavy atom. The minimum absolute atomic E-state index is 0.00254. The Morgan fingerprint density at radius 3 is 2.25 bits per heavy atom. The molecular weight excluding hydrogens is 536 g/mol. The lowest BCUT2D eigenvalue weighted by Crippen LogP contribution is -2.18. The van der Waals surface area contributed by atoms with Crippen molar-refractivity contribution in [3.8, 4) is 5.75 Å². The molecule has 2 amide bonds. The summed E-state index contributed by atoms with van der Waals surface area (Å²) in [6.07, 6.45) is 1.13. The summed E-state index contributed by atoms with van der Waals surface area (Å²) in [4.78, 5) is 48.1. The first-order valence-corrected chi connectivity index (χ1v) is 12.1. The van der Waals surface area contributed by atoms with Gasteiger partial charge in [-0.1, -0.05) is 29.3 Å². The largest absolute Gasteiger partial charge is 0.422 e. The molecule has 10 nitrogen and oxygen atoms in total. The number of aryl methyl sites for hydroxylation is 1. The minimum Gasteiger partial charge on any atom is -0.422 e. The quantitative estimate of drug-likeness (QED) is 0.0925. The van der Waals surface area contributed by atoms with Crippen LogP contribution in [0, 0.1) is 17.0 Å². The van der Waals surface area contributed by atoms with Crippen LogP contribution in [0.15, 0.2) is 96.1 Å². The number of amides is 2. The van der Waals surface area contributed by atoms with Crippen molar-refractivity contribution in [3.63, 3.8) is 0 Å². The molecule has 0 spiro atoms. The summed E-state index contributed by atoms with van der Waals surface area (Å²) in [6, 6.07) is 22.9. The van der Waals surface area contributed by atoms with Gasteiger partial charge in [0.2, 0.25) is 0 Å². The highest BCUT2D eigenvalue weighted by Crippen LogP contribution is 2.24. The van der Waals surface area contributed by atoms with Gasteiger partial charge in [0.1, 0.15) is 5.75 Å². The van der Waals surface area contributed by atoms with Crippen molar-refractivity contribution in [1.82, 2.24) is 5.43 Å². The van der Waals surface area contributed by atoms with Crippen LogP contribution in [0.1, 0.15) is 42.2 Å². The van der Waals surface area contributed by atoms with E-state index in [1.165, 1.54) is 48.5 Å². The maximum absolute atomic E-state index is 12.6. The van der Waals surface area contributed by atoms with Crippen LogP contribution in [0.4, 0.5) is 11.4 Å². The molecule has 0 atom stereocenters. The van der Waals surface area contributed by atoms with E-state index in [0.717, 1.165) is 17.8 Å². The summed E-state index contributed by atoms with van der Waals surface area (Å²) in [7, 11) is 0. The number of hydrazone groups is 1. The number of benzene rings is 4. The lowest BCUT2D eigenvalue weighted by molar-refractivity contribution is -0.384. The Morgan fingerprint density at radius 2 is 1.57 bits per heavy atom. The van der Waals surface area contributed by atoms with E-state index in [0.29, 0.717) is 16.3 Å². The molecule has 11 heteroatoms. The Hall–Kier alpha value is -5.35. The van der Waals surface area contributed by atoms with E-state index in [2.05, 4.69) is 15.8 Å². The predicted octanol–water partition coefficient (Wildman–Crippen LogP) is 5.79. The molecule has 0 fully saturated rings. The number of hydrogen-bond acceptors (Lipinski definition) is 7. The molecule has 0 unspecified atom stereocenters. The zero-order valence-corrected chi connectivity index (χ0v) is 21.7. The van der Waals surface area contributed by atoms with Gasteiger partial charge in [-0.15, -0.1) is 0 Å². The third-order valence-electron chi connectivity index (χ3n) is 5.54. The molecule has 0 radical (unpaired) electrons. The molecule has 4 aromatic carbocycles. The average molecular weight is 557 g/mol. The third kappa shape index (κ3) is 7.15. The highest BCUT2D eigenvalue weighted by Gasteiger charge is 2.15. The average Bonchev–Trinajstić information content (AvgIpc) is 2.94. The number of nitrogens with zero attached hydrogens (tertiary/aromatic N) is 2. The van der Waals surface area contributed by atoms with Gasteiger partial charge < -0.3 is 10.1 Å². The number of non-ortho nitro benzene ring substituents is 1. The highest BCUT2D eigenvalue weighted by atomic mass is 35.5. The first-order chi connectivity index (χ1) is 19.2. The Bertz CT molecular complexity index is 1620. The number of rotatable bonds is 8. The number of nitro groups is 1. The van der Waals surface area contributed by atoms with Gasteiger partial charge in [0.15, 0.2) is 0 Å². The van der Waals surface area contributed by atoms with Gasteiger partial charge in [-0.05, 0) is 73.7 Å². The van der Waals surface area contributed by atoms with E-state index < -0.39 is 16.8 Å². The molecule has 0 heterocycles. The van der Waals surface area contributed by atoms with Crippen LogP contribution >= 0.6 is 11.6 Å². The first kappa shape index (κ1) is 27.7. The van der Waals surface area contributed by atoms with Crippen molar-refractivity contribution in [2.24, 2.45) is 5.10 Å². The fraction of sp³-hybridized carbons (Fsp3) is 0.0345. The molecule has 4 aromatic rings. The lowest BCUT2D eigenvalue weighted by atomic mass is 10.1. The van der Waals surface area contributed by atoms with Crippen molar-refractivity contribution in [2.75, 3.05) is 5.32 Å². The summed E-state index contributed by atoms with van der Waals surface area (Å²) < 4.78 is 5.39. The zero-order valence-electron chi connectivity index (χ0n) is 21.0. The third-order valence-corrected chi connectivity index (χ3v) is 5.79. The summed E-state index contributed by atoms with van der Waals surface area (Å²) in [6.45, 7) is 1.89. The van der Waals surface area contributed by atoms with Crippen molar-refractivity contribution >= 4 is 47.0 Å². The normalized spacial score (nSPS) is 10.7. The monoisotopic (exact) mass is 556 g/mol. The molecule has 200 valence electrons. The van der Waals surface area contributed by atoms with Crippen LogP contribution in [0.25, 0.3) is 0 Å². The van der Waals surface area contributed by atoms with Crippen LogP contribution < -0.4 is 15.5 Å².